The zero-order valence-corrected chi connectivity index (χ0v) is 17.0. The van der Waals surface area contributed by atoms with Gasteiger partial charge in [-0.1, -0.05) is 68.8 Å². The highest BCUT2D eigenvalue weighted by atomic mass is 16.5. The lowest BCUT2D eigenvalue weighted by Crippen LogP contribution is -2.12. The molecule has 0 radical (unpaired) electrons. The van der Waals surface area contributed by atoms with Gasteiger partial charge in [-0.2, -0.15) is 4.98 Å². The van der Waals surface area contributed by atoms with Crippen LogP contribution in [0.5, 0.6) is 0 Å². The normalized spacial score (nSPS) is 17.0. The Kier molecular flexibility index (Phi) is 6.42. The number of nitrogens with zero attached hydrogens (tertiary/aromatic N) is 3. The van der Waals surface area contributed by atoms with Gasteiger partial charge in [-0.3, -0.25) is 0 Å². The highest BCUT2D eigenvalue weighted by Gasteiger charge is 2.23. The van der Waals surface area contributed by atoms with Gasteiger partial charge in [-0.25, -0.2) is 0 Å². The summed E-state index contributed by atoms with van der Waals surface area (Å²) < 4.78 is 7.94. The minimum absolute atomic E-state index is 0.210. The van der Waals surface area contributed by atoms with Gasteiger partial charge in [0.1, 0.15) is 0 Å². The van der Waals surface area contributed by atoms with Gasteiger partial charge in [0.2, 0.25) is 11.7 Å². The van der Waals surface area contributed by atoms with Crippen LogP contribution in [0, 0.1) is 0 Å². The summed E-state index contributed by atoms with van der Waals surface area (Å²) in [6.07, 6.45) is 13.7. The number of benzene rings is 1. The molecule has 0 unspecified atom stereocenters. The molecular weight excluding hydrogens is 348 g/mol. The van der Waals surface area contributed by atoms with E-state index in [-0.39, 0.29) is 6.04 Å². The zero-order valence-electron chi connectivity index (χ0n) is 17.0. The van der Waals surface area contributed by atoms with Crippen molar-refractivity contribution in [2.24, 2.45) is 0 Å². The van der Waals surface area contributed by atoms with Crippen LogP contribution in [0.25, 0.3) is 22.3 Å². The van der Waals surface area contributed by atoms with Crippen LogP contribution in [0.15, 0.2) is 35.0 Å². The van der Waals surface area contributed by atoms with Crippen LogP contribution in [-0.2, 0) is 6.54 Å². The Labute approximate surface area is 167 Å². The van der Waals surface area contributed by atoms with Crippen molar-refractivity contribution in [1.82, 2.24) is 20.0 Å². The van der Waals surface area contributed by atoms with Crippen molar-refractivity contribution in [1.29, 1.82) is 0 Å². The molecule has 1 N–H and O–H groups in total. The van der Waals surface area contributed by atoms with Crippen LogP contribution in [0.4, 0.5) is 0 Å². The largest absolute Gasteiger partial charge is 0.347 e. The standard InChI is InChI=1S/C23H32N4O/c1-2-3-4-5-6-7-10-16-27-17-19(18-12-8-9-14-21(18)27)22-25-23(28-26-22)20-13-11-15-24-20/h8-9,12,14,17,20,24H,2-7,10-11,13,15-16H2,1H3/t20-/m0/s1. The van der Waals surface area contributed by atoms with Crippen molar-refractivity contribution in [3.8, 4) is 11.4 Å². The van der Waals surface area contributed by atoms with Gasteiger partial charge >= 0.3 is 0 Å². The molecular formula is C23H32N4O. The average Bonchev–Trinajstić information content (AvgIpc) is 3.46. The number of nitrogens with one attached hydrogen (secondary N) is 1. The van der Waals surface area contributed by atoms with Crippen LogP contribution < -0.4 is 5.32 Å². The molecule has 2 aromatic heterocycles. The summed E-state index contributed by atoms with van der Waals surface area (Å²) in [6, 6.07) is 8.76. The van der Waals surface area contributed by atoms with Crippen molar-refractivity contribution in [2.45, 2.75) is 77.3 Å². The molecule has 3 heterocycles. The van der Waals surface area contributed by atoms with Gasteiger partial charge in [0, 0.05) is 29.2 Å². The van der Waals surface area contributed by atoms with Gasteiger partial charge in [0.05, 0.1) is 6.04 Å². The topological polar surface area (TPSA) is 55.9 Å². The summed E-state index contributed by atoms with van der Waals surface area (Å²) in [7, 11) is 0. The van der Waals surface area contributed by atoms with Crippen molar-refractivity contribution >= 4 is 10.9 Å². The van der Waals surface area contributed by atoms with Crippen molar-refractivity contribution in [2.75, 3.05) is 6.54 Å². The van der Waals surface area contributed by atoms with Gasteiger partial charge in [-0.05, 0) is 31.9 Å². The predicted octanol–water partition coefficient (Wildman–Crippen LogP) is 5.87. The lowest BCUT2D eigenvalue weighted by molar-refractivity contribution is 0.345. The van der Waals surface area contributed by atoms with Gasteiger partial charge < -0.3 is 14.4 Å². The maximum atomic E-state index is 5.57. The number of rotatable bonds is 10. The second-order valence-corrected chi connectivity index (χ2v) is 7.98. The summed E-state index contributed by atoms with van der Waals surface area (Å²) in [5, 5.41) is 8.93. The molecule has 1 saturated heterocycles. The first kappa shape index (κ1) is 19.2. The fourth-order valence-corrected chi connectivity index (χ4v) is 4.23. The number of aromatic nitrogens is 3. The van der Waals surface area contributed by atoms with Crippen molar-refractivity contribution in [3.05, 3.63) is 36.4 Å². The number of aryl methyl sites for hydroxylation is 1. The maximum absolute atomic E-state index is 5.57. The minimum Gasteiger partial charge on any atom is -0.347 e. The Morgan fingerprint density at radius 1 is 1.11 bits per heavy atom. The number of fused-ring (bicyclic) bond motifs is 1. The fraction of sp³-hybridized carbons (Fsp3) is 0.565. The van der Waals surface area contributed by atoms with E-state index in [1.807, 2.05) is 0 Å². The smallest absolute Gasteiger partial charge is 0.244 e. The molecule has 1 aromatic carbocycles. The first-order valence-corrected chi connectivity index (χ1v) is 11.0. The summed E-state index contributed by atoms with van der Waals surface area (Å²) >= 11 is 0. The monoisotopic (exact) mass is 380 g/mol. The van der Waals surface area contributed by atoms with E-state index >= 15 is 0 Å². The van der Waals surface area contributed by atoms with E-state index in [0.29, 0.717) is 5.82 Å². The predicted molar refractivity (Wildman–Crippen MR) is 113 cm³/mol. The minimum atomic E-state index is 0.210. The summed E-state index contributed by atoms with van der Waals surface area (Å²) in [5.74, 6) is 1.43. The summed E-state index contributed by atoms with van der Waals surface area (Å²) in [4.78, 5) is 4.71. The van der Waals surface area contributed by atoms with E-state index in [1.54, 1.807) is 0 Å². The Bertz CT molecular complexity index is 876. The SMILES string of the molecule is CCCCCCCCCn1cc(-c2noc([C@@H]3CCCN3)n2)c2ccccc21. The molecule has 1 aliphatic rings. The third-order valence-corrected chi connectivity index (χ3v) is 5.83. The first-order valence-electron chi connectivity index (χ1n) is 11.0. The molecule has 4 rings (SSSR count). The Balaban J connectivity index is 1.46. The Morgan fingerprint density at radius 2 is 1.93 bits per heavy atom. The van der Waals surface area contributed by atoms with Crippen LogP contribution >= 0.6 is 0 Å². The van der Waals surface area contributed by atoms with Gasteiger partial charge in [0.15, 0.2) is 0 Å². The number of para-hydroxylation sites is 1. The van der Waals surface area contributed by atoms with E-state index in [2.05, 4.69) is 52.4 Å². The third kappa shape index (κ3) is 4.30. The van der Waals surface area contributed by atoms with Crippen LogP contribution in [-0.4, -0.2) is 21.3 Å². The number of hydrogen-bond donors (Lipinski definition) is 1. The lowest BCUT2D eigenvalue weighted by Gasteiger charge is -2.05. The highest BCUT2D eigenvalue weighted by molar-refractivity contribution is 5.94. The lowest BCUT2D eigenvalue weighted by atomic mass is 10.1. The molecule has 0 bridgehead atoms. The molecule has 1 atom stereocenters. The second-order valence-electron chi connectivity index (χ2n) is 7.98. The molecule has 1 aliphatic heterocycles. The van der Waals surface area contributed by atoms with Crippen molar-refractivity contribution in [3.63, 3.8) is 0 Å². The first-order chi connectivity index (χ1) is 13.9. The van der Waals surface area contributed by atoms with E-state index in [9.17, 15) is 0 Å². The molecule has 150 valence electrons. The second kappa shape index (κ2) is 9.37. The molecule has 0 saturated carbocycles. The molecule has 0 amide bonds. The summed E-state index contributed by atoms with van der Waals surface area (Å²) in [5.41, 5.74) is 2.33. The van der Waals surface area contributed by atoms with E-state index in [0.717, 1.165) is 31.0 Å². The summed E-state index contributed by atoms with van der Waals surface area (Å²) in [6.45, 7) is 4.34. The third-order valence-electron chi connectivity index (χ3n) is 5.83. The maximum Gasteiger partial charge on any atom is 0.244 e. The molecule has 28 heavy (non-hydrogen) atoms. The quantitative estimate of drug-likeness (QED) is 0.447. The van der Waals surface area contributed by atoms with Crippen LogP contribution in [0.3, 0.4) is 0 Å². The Morgan fingerprint density at radius 3 is 2.75 bits per heavy atom. The average molecular weight is 381 g/mol. The molecule has 5 heteroatoms. The van der Waals surface area contributed by atoms with Crippen molar-refractivity contribution < 1.29 is 4.52 Å². The van der Waals surface area contributed by atoms with Gasteiger partial charge in [0.25, 0.3) is 0 Å². The molecule has 3 aromatic rings. The molecule has 1 fully saturated rings. The van der Waals surface area contributed by atoms with E-state index in [4.69, 9.17) is 9.51 Å². The zero-order chi connectivity index (χ0) is 19.2. The van der Waals surface area contributed by atoms with Crippen LogP contribution in [0.2, 0.25) is 0 Å². The molecule has 5 nitrogen and oxygen atoms in total. The molecule has 0 aliphatic carbocycles. The molecule has 0 spiro atoms. The number of unbranched alkanes of at least 4 members (excludes halogenated alkanes) is 6. The van der Waals surface area contributed by atoms with Crippen LogP contribution in [0.1, 0.15) is 76.6 Å². The fourth-order valence-electron chi connectivity index (χ4n) is 4.23. The Hall–Kier alpha value is -2.14. The van der Waals surface area contributed by atoms with E-state index in [1.165, 1.54) is 62.3 Å². The number of hydrogen-bond acceptors (Lipinski definition) is 4. The highest BCUT2D eigenvalue weighted by Crippen LogP contribution is 2.31. The van der Waals surface area contributed by atoms with E-state index < -0.39 is 0 Å². The van der Waals surface area contributed by atoms with Gasteiger partial charge in [-0.15, -0.1) is 0 Å².